The van der Waals surface area contributed by atoms with E-state index in [9.17, 15) is 4.79 Å². The molecule has 106 valence electrons. The third kappa shape index (κ3) is 6.49. The lowest BCUT2D eigenvalue weighted by Gasteiger charge is -2.00. The van der Waals surface area contributed by atoms with Gasteiger partial charge in [-0.1, -0.05) is 30.3 Å². The maximum absolute atomic E-state index is 10.5. The Kier molecular flexibility index (Phi) is 6.75. The van der Waals surface area contributed by atoms with Crippen molar-refractivity contribution in [1.29, 1.82) is 0 Å². The van der Waals surface area contributed by atoms with E-state index in [-0.39, 0.29) is 5.91 Å². The highest BCUT2D eigenvalue weighted by molar-refractivity contribution is 5.72. The minimum Gasteiger partial charge on any atom is -0.481 e. The summed E-state index contributed by atoms with van der Waals surface area (Å²) in [5.41, 5.74) is 1.13. The molecule has 1 amide bonds. The molecule has 1 N–H and O–H groups in total. The summed E-state index contributed by atoms with van der Waals surface area (Å²) in [4.78, 5) is 18.4. The molecule has 5 nitrogen and oxygen atoms in total. The number of aromatic nitrogens is 2. The van der Waals surface area contributed by atoms with Crippen LogP contribution in [0.25, 0.3) is 0 Å². The Morgan fingerprint density at radius 3 is 2.45 bits per heavy atom. The molecule has 0 bridgehead atoms. The molecule has 0 atom stereocenters. The van der Waals surface area contributed by atoms with E-state index in [0.29, 0.717) is 12.4 Å². The van der Waals surface area contributed by atoms with Gasteiger partial charge in [0.2, 0.25) is 11.8 Å². The normalized spacial score (nSPS) is 9.15. The first-order valence-electron chi connectivity index (χ1n) is 6.24. The number of nitrogens with zero attached hydrogens (tertiary/aromatic N) is 2. The van der Waals surface area contributed by atoms with Gasteiger partial charge in [0.15, 0.2) is 0 Å². The highest BCUT2D eigenvalue weighted by Crippen LogP contribution is 2.01. The lowest BCUT2D eigenvalue weighted by molar-refractivity contribution is -0.119. The molecular formula is C15H19N3O2. The first-order valence-corrected chi connectivity index (χ1v) is 6.24. The number of methoxy groups -OCH3 is 1. The third-order valence-electron chi connectivity index (χ3n) is 2.34. The number of rotatable bonds is 3. The monoisotopic (exact) mass is 273 g/mol. The van der Waals surface area contributed by atoms with Crippen LogP contribution in [0.1, 0.15) is 18.3 Å². The lowest BCUT2D eigenvalue weighted by Crippen LogP contribution is -2.18. The van der Waals surface area contributed by atoms with Crippen molar-refractivity contribution in [3.63, 3.8) is 0 Å². The molecule has 0 aliphatic carbocycles. The van der Waals surface area contributed by atoms with Crippen molar-refractivity contribution in [2.75, 3.05) is 7.11 Å². The van der Waals surface area contributed by atoms with E-state index >= 15 is 0 Å². The Morgan fingerprint density at radius 1 is 1.25 bits per heavy atom. The molecule has 1 aromatic carbocycles. The molecule has 0 aliphatic rings. The van der Waals surface area contributed by atoms with E-state index in [4.69, 9.17) is 4.74 Å². The molecule has 1 heterocycles. The summed E-state index contributed by atoms with van der Waals surface area (Å²) < 4.78 is 4.84. The Labute approximate surface area is 119 Å². The molecule has 0 aliphatic heterocycles. The zero-order valence-electron chi connectivity index (χ0n) is 12.0. The number of hydrogen-bond donors (Lipinski definition) is 1. The van der Waals surface area contributed by atoms with Crippen LogP contribution in [0, 0.1) is 6.92 Å². The van der Waals surface area contributed by atoms with Crippen molar-refractivity contribution in [3.05, 3.63) is 54.0 Å². The third-order valence-corrected chi connectivity index (χ3v) is 2.34. The molecule has 0 spiro atoms. The molecule has 1 aromatic heterocycles. The molecule has 2 aromatic rings. The second-order valence-corrected chi connectivity index (χ2v) is 4.04. The van der Waals surface area contributed by atoms with Gasteiger partial charge in [-0.15, -0.1) is 0 Å². The Morgan fingerprint density at radius 2 is 1.95 bits per heavy atom. The van der Waals surface area contributed by atoms with Crippen LogP contribution < -0.4 is 10.1 Å². The van der Waals surface area contributed by atoms with Crippen molar-refractivity contribution in [1.82, 2.24) is 15.3 Å². The molecule has 0 radical (unpaired) electrons. The Hall–Kier alpha value is -2.43. The number of ether oxygens (including phenoxy) is 1. The predicted octanol–water partition coefficient (Wildman–Crippen LogP) is 2.12. The smallest absolute Gasteiger partial charge is 0.217 e. The second-order valence-electron chi connectivity index (χ2n) is 4.04. The summed E-state index contributed by atoms with van der Waals surface area (Å²) in [6, 6.07) is 11.5. The van der Waals surface area contributed by atoms with Crippen LogP contribution in [0.5, 0.6) is 5.88 Å². The molecule has 2 rings (SSSR count). The number of aryl methyl sites for hydroxylation is 1. The van der Waals surface area contributed by atoms with Gasteiger partial charge in [0, 0.05) is 25.7 Å². The zero-order valence-corrected chi connectivity index (χ0v) is 12.0. The molecule has 0 saturated carbocycles. The largest absolute Gasteiger partial charge is 0.481 e. The number of carbonyl (C=O) groups excluding carboxylic acids is 1. The van der Waals surface area contributed by atoms with Crippen LogP contribution in [-0.2, 0) is 11.3 Å². The van der Waals surface area contributed by atoms with Gasteiger partial charge < -0.3 is 10.1 Å². The fraction of sp³-hybridized carbons (Fsp3) is 0.267. The van der Waals surface area contributed by atoms with E-state index < -0.39 is 0 Å². The van der Waals surface area contributed by atoms with Crippen LogP contribution in [0.3, 0.4) is 0 Å². The summed E-state index contributed by atoms with van der Waals surface area (Å²) in [6.07, 6.45) is 1.67. The molecule has 0 fully saturated rings. The lowest BCUT2D eigenvalue weighted by atomic mass is 10.2. The van der Waals surface area contributed by atoms with Gasteiger partial charge in [-0.2, -0.15) is 4.98 Å². The van der Waals surface area contributed by atoms with Crippen molar-refractivity contribution < 1.29 is 9.53 Å². The highest BCUT2D eigenvalue weighted by atomic mass is 16.5. The SMILES string of the molecule is CC(=O)NCc1ccccc1.COc1ccnc(C)n1. The summed E-state index contributed by atoms with van der Waals surface area (Å²) in [7, 11) is 1.59. The average Bonchev–Trinajstić information content (AvgIpc) is 2.47. The van der Waals surface area contributed by atoms with Crippen LogP contribution >= 0.6 is 0 Å². The van der Waals surface area contributed by atoms with E-state index in [0.717, 1.165) is 11.4 Å². The first-order chi connectivity index (χ1) is 9.61. The Bertz CT molecular complexity index is 530. The summed E-state index contributed by atoms with van der Waals surface area (Å²) in [5.74, 6) is 1.35. The number of amides is 1. The minimum absolute atomic E-state index is 0.00820. The van der Waals surface area contributed by atoms with Crippen molar-refractivity contribution >= 4 is 5.91 Å². The van der Waals surface area contributed by atoms with Gasteiger partial charge in [-0.3, -0.25) is 4.79 Å². The zero-order chi connectivity index (χ0) is 14.8. The fourth-order valence-corrected chi connectivity index (χ4v) is 1.37. The van der Waals surface area contributed by atoms with Crippen molar-refractivity contribution in [2.24, 2.45) is 0 Å². The summed E-state index contributed by atoms with van der Waals surface area (Å²) in [5, 5.41) is 2.72. The van der Waals surface area contributed by atoms with Gasteiger partial charge in [-0.25, -0.2) is 4.98 Å². The van der Waals surface area contributed by atoms with Crippen LogP contribution in [0.15, 0.2) is 42.6 Å². The molecule has 0 saturated heterocycles. The van der Waals surface area contributed by atoms with E-state index in [1.165, 1.54) is 6.92 Å². The summed E-state index contributed by atoms with van der Waals surface area (Å²) in [6.45, 7) is 3.96. The topological polar surface area (TPSA) is 64.1 Å². The van der Waals surface area contributed by atoms with Gasteiger partial charge in [0.05, 0.1) is 7.11 Å². The van der Waals surface area contributed by atoms with Gasteiger partial charge >= 0.3 is 0 Å². The molecule has 5 heteroatoms. The minimum atomic E-state index is 0.00820. The average molecular weight is 273 g/mol. The van der Waals surface area contributed by atoms with Crippen molar-refractivity contribution in [3.8, 4) is 5.88 Å². The predicted molar refractivity (Wildman–Crippen MR) is 77.3 cm³/mol. The van der Waals surface area contributed by atoms with Crippen molar-refractivity contribution in [2.45, 2.75) is 20.4 Å². The van der Waals surface area contributed by atoms with Crippen LogP contribution in [-0.4, -0.2) is 23.0 Å². The summed E-state index contributed by atoms with van der Waals surface area (Å²) >= 11 is 0. The second kappa shape index (κ2) is 8.63. The number of nitrogens with one attached hydrogen (secondary N) is 1. The number of hydrogen-bond acceptors (Lipinski definition) is 4. The van der Waals surface area contributed by atoms with Crippen LogP contribution in [0.2, 0.25) is 0 Å². The van der Waals surface area contributed by atoms with E-state index in [2.05, 4.69) is 15.3 Å². The maximum Gasteiger partial charge on any atom is 0.217 e. The Balaban J connectivity index is 0.000000204. The van der Waals surface area contributed by atoms with Gasteiger partial charge in [0.1, 0.15) is 5.82 Å². The molecular weight excluding hydrogens is 254 g/mol. The quantitative estimate of drug-likeness (QED) is 0.930. The number of carbonyl (C=O) groups is 1. The van der Waals surface area contributed by atoms with E-state index in [1.54, 1.807) is 19.4 Å². The van der Waals surface area contributed by atoms with Gasteiger partial charge in [0.25, 0.3) is 0 Å². The van der Waals surface area contributed by atoms with Crippen LogP contribution in [0.4, 0.5) is 0 Å². The standard InChI is InChI=1S/C9H11NO.C6H8N2O/c1-8(11)10-7-9-5-3-2-4-6-9;1-5-7-4-3-6(8-5)9-2/h2-6H,7H2,1H3,(H,10,11);3-4H,1-2H3. The molecule has 20 heavy (non-hydrogen) atoms. The first kappa shape index (κ1) is 15.6. The highest BCUT2D eigenvalue weighted by Gasteiger charge is 1.91. The molecule has 0 unspecified atom stereocenters. The maximum atomic E-state index is 10.5. The number of benzene rings is 1. The fourth-order valence-electron chi connectivity index (χ4n) is 1.37. The van der Waals surface area contributed by atoms with E-state index in [1.807, 2.05) is 37.3 Å². The van der Waals surface area contributed by atoms with Gasteiger partial charge in [-0.05, 0) is 12.5 Å².